The summed E-state index contributed by atoms with van der Waals surface area (Å²) >= 11 is 1.84. The summed E-state index contributed by atoms with van der Waals surface area (Å²) in [6, 6.07) is 0. The van der Waals surface area contributed by atoms with Gasteiger partial charge in [-0.05, 0) is 37.9 Å². The molecule has 0 saturated carbocycles. The van der Waals surface area contributed by atoms with E-state index in [9.17, 15) is 9.90 Å². The maximum atomic E-state index is 11.6. The summed E-state index contributed by atoms with van der Waals surface area (Å²) in [6.07, 6.45) is 13.1. The zero-order valence-corrected chi connectivity index (χ0v) is 15.9. The first-order chi connectivity index (χ1) is 11.2. The summed E-state index contributed by atoms with van der Waals surface area (Å²) in [5.41, 5.74) is 0. The topological polar surface area (TPSA) is 57.5 Å². The maximum absolute atomic E-state index is 11.6. The number of hydrogen-bond donors (Lipinski definition) is 2. The Labute approximate surface area is 147 Å². The standard InChI is InChI=1S/C19H38O3S/c1-2-3-4-7-14-19(22)17-23-16-11-6-9-13-18(21)12-8-5-10-15-20/h19-20,22H,2-17H2,1H3. The van der Waals surface area contributed by atoms with Gasteiger partial charge in [-0.25, -0.2) is 0 Å². The average molecular weight is 347 g/mol. The van der Waals surface area contributed by atoms with Crippen LogP contribution in [0.1, 0.15) is 90.4 Å². The van der Waals surface area contributed by atoms with E-state index in [0.717, 1.165) is 62.9 Å². The van der Waals surface area contributed by atoms with Crippen molar-refractivity contribution in [2.45, 2.75) is 96.5 Å². The van der Waals surface area contributed by atoms with E-state index in [-0.39, 0.29) is 12.7 Å². The van der Waals surface area contributed by atoms with Crippen LogP contribution in [0.2, 0.25) is 0 Å². The van der Waals surface area contributed by atoms with Crippen molar-refractivity contribution in [3.63, 3.8) is 0 Å². The van der Waals surface area contributed by atoms with Gasteiger partial charge in [0.05, 0.1) is 6.10 Å². The minimum absolute atomic E-state index is 0.141. The molecule has 0 aliphatic carbocycles. The van der Waals surface area contributed by atoms with Crippen molar-refractivity contribution in [3.8, 4) is 0 Å². The summed E-state index contributed by atoms with van der Waals surface area (Å²) in [7, 11) is 0. The normalized spacial score (nSPS) is 12.5. The number of aliphatic hydroxyl groups is 2. The van der Waals surface area contributed by atoms with Crippen LogP contribution in [0, 0.1) is 0 Å². The number of hydrogen-bond acceptors (Lipinski definition) is 4. The van der Waals surface area contributed by atoms with E-state index >= 15 is 0 Å². The molecule has 0 fully saturated rings. The second-order valence-corrected chi connectivity index (χ2v) is 7.61. The Kier molecular flexibility index (Phi) is 18.2. The zero-order chi connectivity index (χ0) is 17.2. The highest BCUT2D eigenvalue weighted by molar-refractivity contribution is 7.99. The van der Waals surface area contributed by atoms with Crippen molar-refractivity contribution in [1.29, 1.82) is 0 Å². The summed E-state index contributed by atoms with van der Waals surface area (Å²) < 4.78 is 0. The smallest absolute Gasteiger partial charge is 0.132 e. The molecule has 0 bridgehead atoms. The van der Waals surface area contributed by atoms with Crippen LogP contribution in [-0.2, 0) is 4.79 Å². The fourth-order valence-corrected chi connectivity index (χ4v) is 3.56. The maximum Gasteiger partial charge on any atom is 0.132 e. The Morgan fingerprint density at radius 1 is 0.913 bits per heavy atom. The zero-order valence-electron chi connectivity index (χ0n) is 15.1. The van der Waals surface area contributed by atoms with Gasteiger partial charge in [0, 0.05) is 25.2 Å². The molecular weight excluding hydrogens is 308 g/mol. The van der Waals surface area contributed by atoms with E-state index in [1.165, 1.54) is 19.3 Å². The van der Waals surface area contributed by atoms with Crippen molar-refractivity contribution in [1.82, 2.24) is 0 Å². The van der Waals surface area contributed by atoms with Gasteiger partial charge in [-0.15, -0.1) is 0 Å². The molecule has 3 nitrogen and oxygen atoms in total. The Balaban J connectivity index is 3.24. The van der Waals surface area contributed by atoms with Crippen LogP contribution in [0.15, 0.2) is 0 Å². The third-order valence-corrected chi connectivity index (χ3v) is 5.26. The minimum Gasteiger partial charge on any atom is -0.396 e. The molecule has 0 aromatic carbocycles. The summed E-state index contributed by atoms with van der Waals surface area (Å²) in [5.74, 6) is 2.32. The lowest BCUT2D eigenvalue weighted by Gasteiger charge is -2.09. The molecule has 1 atom stereocenters. The fraction of sp³-hybridized carbons (Fsp3) is 0.947. The number of thioether (sulfide) groups is 1. The molecule has 0 heterocycles. The lowest BCUT2D eigenvalue weighted by Crippen LogP contribution is -2.10. The number of unbranched alkanes of at least 4 members (excludes halogenated alkanes) is 7. The van der Waals surface area contributed by atoms with Crippen LogP contribution in [0.25, 0.3) is 0 Å². The van der Waals surface area contributed by atoms with Crippen LogP contribution >= 0.6 is 11.8 Å². The van der Waals surface area contributed by atoms with Crippen molar-refractivity contribution in [2.24, 2.45) is 0 Å². The second kappa shape index (κ2) is 18.3. The minimum atomic E-state index is -0.141. The molecule has 0 aliphatic heterocycles. The van der Waals surface area contributed by atoms with Crippen LogP contribution in [0.3, 0.4) is 0 Å². The van der Waals surface area contributed by atoms with Crippen LogP contribution in [0.5, 0.6) is 0 Å². The molecule has 23 heavy (non-hydrogen) atoms. The van der Waals surface area contributed by atoms with Gasteiger partial charge < -0.3 is 10.2 Å². The first kappa shape index (κ1) is 22.9. The predicted molar refractivity (Wildman–Crippen MR) is 101 cm³/mol. The largest absolute Gasteiger partial charge is 0.396 e. The van der Waals surface area contributed by atoms with E-state index in [4.69, 9.17) is 5.11 Å². The average Bonchev–Trinajstić information content (AvgIpc) is 2.54. The van der Waals surface area contributed by atoms with E-state index in [2.05, 4.69) is 6.92 Å². The number of ketones is 1. The molecule has 1 unspecified atom stereocenters. The quantitative estimate of drug-likeness (QED) is 0.352. The Bertz CT molecular complexity index is 259. The first-order valence-electron chi connectivity index (χ1n) is 9.59. The fourth-order valence-electron chi connectivity index (χ4n) is 2.55. The number of rotatable bonds is 18. The molecule has 2 N–H and O–H groups in total. The van der Waals surface area contributed by atoms with Gasteiger partial charge in [-0.2, -0.15) is 11.8 Å². The van der Waals surface area contributed by atoms with E-state index in [1.54, 1.807) is 0 Å². The van der Waals surface area contributed by atoms with Gasteiger partial charge in [-0.3, -0.25) is 4.79 Å². The van der Waals surface area contributed by atoms with Gasteiger partial charge in [0.15, 0.2) is 0 Å². The summed E-state index contributed by atoms with van der Waals surface area (Å²) in [5, 5.41) is 18.5. The number of aliphatic hydroxyl groups excluding tert-OH is 2. The molecule has 0 spiro atoms. The van der Waals surface area contributed by atoms with Crippen molar-refractivity contribution >= 4 is 17.5 Å². The van der Waals surface area contributed by atoms with Crippen LogP contribution in [-0.4, -0.2) is 40.2 Å². The van der Waals surface area contributed by atoms with Gasteiger partial charge in [0.2, 0.25) is 0 Å². The molecule has 138 valence electrons. The van der Waals surface area contributed by atoms with Gasteiger partial charge >= 0.3 is 0 Å². The third kappa shape index (κ3) is 18.1. The highest BCUT2D eigenvalue weighted by atomic mass is 32.2. The number of carbonyl (C=O) groups excluding carboxylic acids is 1. The van der Waals surface area contributed by atoms with E-state index < -0.39 is 0 Å². The number of Topliss-reactive ketones (excluding diaryl/α,β-unsaturated/α-hetero) is 1. The molecular formula is C19H38O3S. The number of carbonyl (C=O) groups is 1. The summed E-state index contributed by atoms with van der Waals surface area (Å²) in [4.78, 5) is 11.6. The van der Waals surface area contributed by atoms with Gasteiger partial charge in [-0.1, -0.05) is 45.4 Å². The molecule has 0 aromatic heterocycles. The molecule has 0 aromatic rings. The highest BCUT2D eigenvalue weighted by Crippen LogP contribution is 2.13. The van der Waals surface area contributed by atoms with Crippen LogP contribution < -0.4 is 0 Å². The Morgan fingerprint density at radius 3 is 2.22 bits per heavy atom. The van der Waals surface area contributed by atoms with Crippen molar-refractivity contribution in [2.75, 3.05) is 18.1 Å². The lowest BCUT2D eigenvalue weighted by molar-refractivity contribution is -0.119. The molecule has 0 amide bonds. The van der Waals surface area contributed by atoms with Crippen LogP contribution in [0.4, 0.5) is 0 Å². The third-order valence-electron chi connectivity index (χ3n) is 4.06. The Morgan fingerprint density at radius 2 is 1.57 bits per heavy atom. The first-order valence-corrected chi connectivity index (χ1v) is 10.7. The predicted octanol–water partition coefficient (Wildman–Crippen LogP) is 4.73. The Hall–Kier alpha value is -0.0600. The van der Waals surface area contributed by atoms with E-state index in [1.807, 2.05) is 11.8 Å². The highest BCUT2D eigenvalue weighted by Gasteiger charge is 2.04. The molecule has 4 heteroatoms. The molecule has 0 radical (unpaired) electrons. The monoisotopic (exact) mass is 346 g/mol. The van der Waals surface area contributed by atoms with Gasteiger partial charge in [0.25, 0.3) is 0 Å². The second-order valence-electron chi connectivity index (χ2n) is 6.46. The van der Waals surface area contributed by atoms with Crippen molar-refractivity contribution < 1.29 is 15.0 Å². The molecule has 0 rings (SSSR count). The van der Waals surface area contributed by atoms with Gasteiger partial charge in [0.1, 0.15) is 5.78 Å². The summed E-state index contributed by atoms with van der Waals surface area (Å²) in [6.45, 7) is 2.44. The molecule has 0 saturated heterocycles. The molecule has 0 aliphatic rings. The van der Waals surface area contributed by atoms with Crippen molar-refractivity contribution in [3.05, 3.63) is 0 Å². The lowest BCUT2D eigenvalue weighted by atomic mass is 10.1. The SMILES string of the molecule is CCCCCCC(O)CSCCCCCC(=O)CCCCCO. The van der Waals surface area contributed by atoms with E-state index in [0.29, 0.717) is 18.6 Å².